The van der Waals surface area contributed by atoms with E-state index in [1.807, 2.05) is 20.8 Å². The molecule has 2 aromatic rings. The molecule has 2 aromatic heterocycles. The zero-order chi connectivity index (χ0) is 18.9. The number of hydrogen-bond acceptors (Lipinski definition) is 5. The van der Waals surface area contributed by atoms with Crippen LogP contribution in [0.15, 0.2) is 34.5 Å². The number of nitrogens with zero attached hydrogens (tertiary/aromatic N) is 4. The molecule has 2 heterocycles. The Bertz CT molecular complexity index is 924. The lowest BCUT2D eigenvalue weighted by Gasteiger charge is -2.29. The molecular formula is C17H25N5O3S. The molecule has 0 saturated heterocycles. The Morgan fingerprint density at radius 1 is 1.19 bits per heavy atom. The summed E-state index contributed by atoms with van der Waals surface area (Å²) in [5.74, 6) is 0. The van der Waals surface area contributed by atoms with E-state index in [9.17, 15) is 13.2 Å². The van der Waals surface area contributed by atoms with E-state index in [1.165, 1.54) is 17.1 Å². The zero-order valence-corrected chi connectivity index (χ0v) is 16.1. The van der Waals surface area contributed by atoms with Crippen molar-refractivity contribution in [1.29, 1.82) is 0 Å². The van der Waals surface area contributed by atoms with Crippen LogP contribution < -0.4 is 10.3 Å². The third kappa shape index (κ3) is 4.04. The summed E-state index contributed by atoms with van der Waals surface area (Å²) >= 11 is 0. The first-order valence-electron chi connectivity index (χ1n) is 8.88. The summed E-state index contributed by atoms with van der Waals surface area (Å²) in [6, 6.07) is 3.25. The van der Waals surface area contributed by atoms with Gasteiger partial charge < -0.3 is 4.57 Å². The number of aromatic nitrogens is 4. The molecule has 1 aliphatic rings. The highest BCUT2D eigenvalue weighted by molar-refractivity contribution is 7.89. The van der Waals surface area contributed by atoms with Gasteiger partial charge in [-0.05, 0) is 52.5 Å². The van der Waals surface area contributed by atoms with Gasteiger partial charge in [0.1, 0.15) is 0 Å². The Morgan fingerprint density at radius 2 is 1.88 bits per heavy atom. The average Bonchev–Trinajstić information content (AvgIpc) is 3.09. The fourth-order valence-electron chi connectivity index (χ4n) is 3.24. The molecular weight excluding hydrogens is 354 g/mol. The standard InChI is InChI=1S/C17H25N5O3S/c1-12(2)21-10-16(18-11-21)26(24,25)20-14-5-7-15(8-6-14)22-17(23)9-4-13(3)19-22/h4,9-12,14-15,20H,5-8H2,1-3H3. The number of imidazole rings is 1. The van der Waals surface area contributed by atoms with Gasteiger partial charge in [-0.25, -0.2) is 22.8 Å². The third-order valence-electron chi connectivity index (χ3n) is 4.77. The van der Waals surface area contributed by atoms with Crippen molar-refractivity contribution < 1.29 is 8.42 Å². The highest BCUT2D eigenvalue weighted by Gasteiger charge is 2.28. The minimum absolute atomic E-state index is 0.0169. The van der Waals surface area contributed by atoms with Crippen LogP contribution in [0.5, 0.6) is 0 Å². The van der Waals surface area contributed by atoms with E-state index in [4.69, 9.17) is 0 Å². The molecule has 1 fully saturated rings. The molecule has 1 aliphatic carbocycles. The second-order valence-electron chi connectivity index (χ2n) is 7.14. The Morgan fingerprint density at radius 3 is 2.50 bits per heavy atom. The molecule has 0 aliphatic heterocycles. The topological polar surface area (TPSA) is 98.9 Å². The second kappa shape index (κ2) is 7.32. The molecule has 9 heteroatoms. The van der Waals surface area contributed by atoms with Crippen molar-refractivity contribution in [3.8, 4) is 0 Å². The van der Waals surface area contributed by atoms with Gasteiger partial charge in [-0.1, -0.05) is 0 Å². The molecule has 8 nitrogen and oxygen atoms in total. The second-order valence-corrected chi connectivity index (χ2v) is 8.80. The maximum atomic E-state index is 12.5. The fraction of sp³-hybridized carbons (Fsp3) is 0.588. The van der Waals surface area contributed by atoms with E-state index >= 15 is 0 Å². The van der Waals surface area contributed by atoms with Gasteiger partial charge in [0, 0.05) is 24.3 Å². The Kier molecular flexibility index (Phi) is 5.29. The van der Waals surface area contributed by atoms with Gasteiger partial charge >= 0.3 is 0 Å². The largest absolute Gasteiger partial charge is 0.334 e. The van der Waals surface area contributed by atoms with Crippen LogP contribution in [0.3, 0.4) is 0 Å². The van der Waals surface area contributed by atoms with Gasteiger partial charge in [-0.2, -0.15) is 5.10 Å². The Labute approximate surface area is 153 Å². The summed E-state index contributed by atoms with van der Waals surface area (Å²) < 4.78 is 31.1. The maximum absolute atomic E-state index is 12.5. The Hall–Kier alpha value is -2.00. The highest BCUT2D eigenvalue weighted by atomic mass is 32.2. The summed E-state index contributed by atoms with van der Waals surface area (Å²) in [4.78, 5) is 16.0. The molecule has 0 amide bonds. The van der Waals surface area contributed by atoms with E-state index in [0.29, 0.717) is 25.7 Å². The summed E-state index contributed by atoms with van der Waals surface area (Å²) in [6.07, 6.45) is 5.84. The number of rotatable bonds is 5. The lowest BCUT2D eigenvalue weighted by Crippen LogP contribution is -2.39. The molecule has 0 atom stereocenters. The molecule has 0 aromatic carbocycles. The van der Waals surface area contributed by atoms with Gasteiger partial charge in [-0.15, -0.1) is 0 Å². The van der Waals surface area contributed by atoms with Crippen LogP contribution in [-0.2, 0) is 10.0 Å². The minimum atomic E-state index is -3.64. The predicted octanol–water partition coefficient (Wildman–Crippen LogP) is 1.79. The van der Waals surface area contributed by atoms with Crippen LogP contribution in [0.2, 0.25) is 0 Å². The number of sulfonamides is 1. The lowest BCUT2D eigenvalue weighted by atomic mass is 9.92. The number of hydrogen-bond donors (Lipinski definition) is 1. The molecule has 1 saturated carbocycles. The van der Waals surface area contributed by atoms with Crippen molar-refractivity contribution in [2.24, 2.45) is 0 Å². The quantitative estimate of drug-likeness (QED) is 0.854. The van der Waals surface area contributed by atoms with Crippen molar-refractivity contribution in [2.45, 2.75) is 69.6 Å². The number of aryl methyl sites for hydroxylation is 1. The van der Waals surface area contributed by atoms with Crippen LogP contribution in [-0.4, -0.2) is 33.8 Å². The van der Waals surface area contributed by atoms with Crippen molar-refractivity contribution >= 4 is 10.0 Å². The molecule has 0 bridgehead atoms. The zero-order valence-electron chi connectivity index (χ0n) is 15.3. The van der Waals surface area contributed by atoms with Gasteiger partial charge in [-0.3, -0.25) is 4.79 Å². The smallest absolute Gasteiger partial charge is 0.267 e. The van der Waals surface area contributed by atoms with Gasteiger partial charge in [0.25, 0.3) is 15.6 Å². The summed E-state index contributed by atoms with van der Waals surface area (Å²) in [6.45, 7) is 5.79. The molecule has 0 spiro atoms. The van der Waals surface area contributed by atoms with Crippen LogP contribution in [0.4, 0.5) is 0 Å². The summed E-state index contributed by atoms with van der Waals surface area (Å²) in [5, 5.41) is 4.36. The van der Waals surface area contributed by atoms with E-state index < -0.39 is 10.0 Å². The van der Waals surface area contributed by atoms with Crippen molar-refractivity contribution in [3.63, 3.8) is 0 Å². The first-order chi connectivity index (χ1) is 12.3. The van der Waals surface area contributed by atoms with Crippen molar-refractivity contribution in [2.75, 3.05) is 0 Å². The molecule has 1 N–H and O–H groups in total. The van der Waals surface area contributed by atoms with Crippen LogP contribution in [0.25, 0.3) is 0 Å². The van der Waals surface area contributed by atoms with Gasteiger partial charge in [0.2, 0.25) is 0 Å². The van der Waals surface area contributed by atoms with E-state index in [0.717, 1.165) is 5.69 Å². The molecule has 0 radical (unpaired) electrons. The number of nitrogens with one attached hydrogen (secondary N) is 1. The van der Waals surface area contributed by atoms with Crippen LogP contribution in [0.1, 0.15) is 57.3 Å². The average molecular weight is 379 g/mol. The first kappa shape index (κ1) is 18.8. The summed E-state index contributed by atoms with van der Waals surface area (Å²) in [5.41, 5.74) is 0.687. The van der Waals surface area contributed by atoms with Crippen LogP contribution in [0, 0.1) is 6.92 Å². The summed E-state index contributed by atoms with van der Waals surface area (Å²) in [7, 11) is -3.64. The maximum Gasteiger partial charge on any atom is 0.267 e. The molecule has 3 rings (SSSR count). The molecule has 26 heavy (non-hydrogen) atoms. The Balaban J connectivity index is 1.64. The predicted molar refractivity (Wildman–Crippen MR) is 97.5 cm³/mol. The monoisotopic (exact) mass is 379 g/mol. The van der Waals surface area contributed by atoms with E-state index in [2.05, 4.69) is 14.8 Å². The fourth-order valence-corrected chi connectivity index (χ4v) is 4.48. The molecule has 142 valence electrons. The molecule has 0 unspecified atom stereocenters. The lowest BCUT2D eigenvalue weighted by molar-refractivity contribution is 0.284. The van der Waals surface area contributed by atoms with Gasteiger partial charge in [0.15, 0.2) is 5.03 Å². The normalized spacial score (nSPS) is 21.2. The first-order valence-corrected chi connectivity index (χ1v) is 10.4. The van der Waals surface area contributed by atoms with Gasteiger partial charge in [0.05, 0.1) is 18.1 Å². The van der Waals surface area contributed by atoms with Crippen LogP contribution >= 0.6 is 0 Å². The van der Waals surface area contributed by atoms with Crippen molar-refractivity contribution in [3.05, 3.63) is 40.7 Å². The minimum Gasteiger partial charge on any atom is -0.334 e. The highest BCUT2D eigenvalue weighted by Crippen LogP contribution is 2.27. The van der Waals surface area contributed by atoms with Crippen molar-refractivity contribution in [1.82, 2.24) is 24.1 Å². The third-order valence-corrected chi connectivity index (χ3v) is 6.18. The van der Waals surface area contributed by atoms with E-state index in [-0.39, 0.29) is 28.7 Å². The SMILES string of the molecule is Cc1ccc(=O)n(C2CCC(NS(=O)(=O)c3cn(C(C)C)cn3)CC2)n1. The van der Waals surface area contributed by atoms with E-state index in [1.54, 1.807) is 16.8 Å².